The molecule has 0 amide bonds. The number of methoxy groups -OCH3 is 1. The fourth-order valence-electron chi connectivity index (χ4n) is 2.23. The first-order valence-electron chi connectivity index (χ1n) is 5.38. The van der Waals surface area contributed by atoms with Gasteiger partial charge in [-0.25, -0.2) is 0 Å². The topological polar surface area (TPSA) is 46.5 Å². The second-order valence-electron chi connectivity index (χ2n) is 4.34. The third kappa shape index (κ3) is 3.29. The Bertz CT molecular complexity index is 191. The molecule has 0 aromatic rings. The van der Waals surface area contributed by atoms with Crippen LogP contribution in [0.5, 0.6) is 0 Å². The molecule has 1 rings (SSSR count). The van der Waals surface area contributed by atoms with Crippen molar-refractivity contribution in [2.75, 3.05) is 7.11 Å². The zero-order valence-electron chi connectivity index (χ0n) is 9.03. The molecule has 3 unspecified atom stereocenters. The van der Waals surface area contributed by atoms with E-state index in [1.807, 2.05) is 0 Å². The van der Waals surface area contributed by atoms with Crippen LogP contribution in [0, 0.1) is 11.8 Å². The van der Waals surface area contributed by atoms with Crippen LogP contribution in [-0.4, -0.2) is 24.3 Å². The Balaban J connectivity index is 2.35. The van der Waals surface area contributed by atoms with Crippen LogP contribution in [0.15, 0.2) is 0 Å². The summed E-state index contributed by atoms with van der Waals surface area (Å²) in [5.74, 6) is 0.674. The maximum atomic E-state index is 11.1. The SMILES string of the molecule is COC(=O)CC(C)C1CCCC(O)C1. The number of hydrogen-bond donors (Lipinski definition) is 1. The maximum Gasteiger partial charge on any atom is 0.305 e. The van der Waals surface area contributed by atoms with Crippen molar-refractivity contribution < 1.29 is 14.6 Å². The van der Waals surface area contributed by atoms with E-state index >= 15 is 0 Å². The van der Waals surface area contributed by atoms with E-state index in [2.05, 4.69) is 11.7 Å². The lowest BCUT2D eigenvalue weighted by atomic mass is 9.78. The molecule has 1 N–H and O–H groups in total. The van der Waals surface area contributed by atoms with Crippen molar-refractivity contribution in [2.45, 2.75) is 45.1 Å². The Kier molecular flexibility index (Phi) is 4.39. The summed E-state index contributed by atoms with van der Waals surface area (Å²) in [4.78, 5) is 11.1. The molecule has 0 bridgehead atoms. The highest BCUT2D eigenvalue weighted by atomic mass is 16.5. The van der Waals surface area contributed by atoms with Gasteiger partial charge in [-0.15, -0.1) is 0 Å². The highest BCUT2D eigenvalue weighted by Crippen LogP contribution is 2.31. The van der Waals surface area contributed by atoms with Crippen LogP contribution >= 0.6 is 0 Å². The first-order chi connectivity index (χ1) is 6.63. The average molecular weight is 200 g/mol. The molecule has 0 aromatic heterocycles. The van der Waals surface area contributed by atoms with E-state index in [-0.39, 0.29) is 12.1 Å². The summed E-state index contributed by atoms with van der Waals surface area (Å²) in [6.45, 7) is 2.07. The van der Waals surface area contributed by atoms with Crippen molar-refractivity contribution in [3.63, 3.8) is 0 Å². The third-order valence-corrected chi connectivity index (χ3v) is 3.21. The highest BCUT2D eigenvalue weighted by molar-refractivity contribution is 5.69. The van der Waals surface area contributed by atoms with E-state index in [1.165, 1.54) is 7.11 Å². The smallest absolute Gasteiger partial charge is 0.305 e. The third-order valence-electron chi connectivity index (χ3n) is 3.21. The predicted molar refractivity (Wildman–Crippen MR) is 53.8 cm³/mol. The number of ether oxygens (including phenoxy) is 1. The molecule has 82 valence electrons. The van der Waals surface area contributed by atoms with Gasteiger partial charge < -0.3 is 9.84 Å². The molecule has 14 heavy (non-hydrogen) atoms. The number of aliphatic hydroxyl groups is 1. The number of carbonyl (C=O) groups is 1. The van der Waals surface area contributed by atoms with Crippen molar-refractivity contribution in [2.24, 2.45) is 11.8 Å². The summed E-state index contributed by atoms with van der Waals surface area (Å²) < 4.78 is 4.64. The standard InChI is InChI=1S/C11H20O3/c1-8(6-11(13)14-2)9-4-3-5-10(12)7-9/h8-10,12H,3-7H2,1-2H3. The molecule has 1 fully saturated rings. The zero-order chi connectivity index (χ0) is 10.6. The Morgan fingerprint density at radius 3 is 2.86 bits per heavy atom. The Hall–Kier alpha value is -0.570. The van der Waals surface area contributed by atoms with Gasteiger partial charge >= 0.3 is 5.97 Å². The minimum atomic E-state index is -0.158. The molecule has 0 heterocycles. The second-order valence-corrected chi connectivity index (χ2v) is 4.34. The van der Waals surface area contributed by atoms with E-state index in [0.29, 0.717) is 18.3 Å². The van der Waals surface area contributed by atoms with Crippen LogP contribution in [0.25, 0.3) is 0 Å². The normalized spacial score (nSPS) is 29.6. The van der Waals surface area contributed by atoms with E-state index in [1.54, 1.807) is 0 Å². The predicted octanol–water partition coefficient (Wildman–Crippen LogP) is 1.74. The second kappa shape index (κ2) is 5.35. The van der Waals surface area contributed by atoms with Gasteiger partial charge in [-0.2, -0.15) is 0 Å². The van der Waals surface area contributed by atoms with Crippen LogP contribution in [0.2, 0.25) is 0 Å². The first kappa shape index (κ1) is 11.5. The van der Waals surface area contributed by atoms with Gasteiger partial charge in [-0.1, -0.05) is 13.3 Å². The van der Waals surface area contributed by atoms with Crippen LogP contribution in [0.4, 0.5) is 0 Å². The van der Waals surface area contributed by atoms with E-state index in [4.69, 9.17) is 0 Å². The van der Waals surface area contributed by atoms with Crippen molar-refractivity contribution in [1.29, 1.82) is 0 Å². The van der Waals surface area contributed by atoms with E-state index in [9.17, 15) is 9.90 Å². The average Bonchev–Trinajstić information content (AvgIpc) is 2.17. The summed E-state index contributed by atoms with van der Waals surface area (Å²) in [7, 11) is 1.42. The van der Waals surface area contributed by atoms with Crippen molar-refractivity contribution in [1.82, 2.24) is 0 Å². The van der Waals surface area contributed by atoms with Gasteiger partial charge in [0, 0.05) is 6.42 Å². The quantitative estimate of drug-likeness (QED) is 0.706. The molecule has 0 radical (unpaired) electrons. The van der Waals surface area contributed by atoms with Gasteiger partial charge in [0.05, 0.1) is 13.2 Å². The van der Waals surface area contributed by atoms with Crippen LogP contribution in [-0.2, 0) is 9.53 Å². The lowest BCUT2D eigenvalue weighted by Crippen LogP contribution is -2.25. The summed E-state index contributed by atoms with van der Waals surface area (Å²) in [6, 6.07) is 0. The lowest BCUT2D eigenvalue weighted by Gasteiger charge is -2.30. The molecule has 0 aromatic carbocycles. The van der Waals surface area contributed by atoms with Crippen molar-refractivity contribution >= 4 is 5.97 Å². The molecule has 0 saturated heterocycles. The van der Waals surface area contributed by atoms with Gasteiger partial charge in [-0.3, -0.25) is 4.79 Å². The van der Waals surface area contributed by atoms with E-state index in [0.717, 1.165) is 25.7 Å². The minimum Gasteiger partial charge on any atom is -0.469 e. The molecule has 0 aliphatic heterocycles. The number of esters is 1. The first-order valence-corrected chi connectivity index (χ1v) is 5.38. The van der Waals surface area contributed by atoms with Gasteiger partial charge in [0.25, 0.3) is 0 Å². The molecule has 0 spiro atoms. The molecule has 1 saturated carbocycles. The van der Waals surface area contributed by atoms with Crippen molar-refractivity contribution in [3.05, 3.63) is 0 Å². The van der Waals surface area contributed by atoms with Crippen LogP contribution < -0.4 is 0 Å². The number of carbonyl (C=O) groups excluding carboxylic acids is 1. The fourth-order valence-corrected chi connectivity index (χ4v) is 2.23. The zero-order valence-corrected chi connectivity index (χ0v) is 9.03. The monoisotopic (exact) mass is 200 g/mol. The van der Waals surface area contributed by atoms with Crippen molar-refractivity contribution in [3.8, 4) is 0 Å². The summed E-state index contributed by atoms with van der Waals surface area (Å²) in [5, 5.41) is 9.50. The summed E-state index contributed by atoms with van der Waals surface area (Å²) >= 11 is 0. The molecular weight excluding hydrogens is 180 g/mol. The van der Waals surface area contributed by atoms with Gasteiger partial charge in [0.1, 0.15) is 0 Å². The Labute approximate surface area is 85.5 Å². The van der Waals surface area contributed by atoms with Crippen LogP contribution in [0.3, 0.4) is 0 Å². The summed E-state index contributed by atoms with van der Waals surface area (Å²) in [6.07, 6.45) is 4.30. The minimum absolute atomic E-state index is 0.141. The largest absolute Gasteiger partial charge is 0.469 e. The highest BCUT2D eigenvalue weighted by Gasteiger charge is 2.26. The molecule has 3 nitrogen and oxygen atoms in total. The molecule has 1 aliphatic rings. The van der Waals surface area contributed by atoms with Gasteiger partial charge in [-0.05, 0) is 31.1 Å². The molecule has 3 heteroatoms. The Morgan fingerprint density at radius 2 is 2.29 bits per heavy atom. The maximum absolute atomic E-state index is 11.1. The number of aliphatic hydroxyl groups excluding tert-OH is 1. The number of hydrogen-bond acceptors (Lipinski definition) is 3. The molecular formula is C11H20O3. The van der Waals surface area contributed by atoms with E-state index < -0.39 is 0 Å². The number of rotatable bonds is 3. The van der Waals surface area contributed by atoms with Gasteiger partial charge in [0.15, 0.2) is 0 Å². The van der Waals surface area contributed by atoms with Crippen LogP contribution in [0.1, 0.15) is 39.0 Å². The lowest BCUT2D eigenvalue weighted by molar-refractivity contribution is -0.142. The fraction of sp³-hybridized carbons (Fsp3) is 0.909. The summed E-state index contributed by atoms with van der Waals surface area (Å²) in [5.41, 5.74) is 0. The molecule has 1 aliphatic carbocycles. The van der Waals surface area contributed by atoms with Gasteiger partial charge in [0.2, 0.25) is 0 Å². The Morgan fingerprint density at radius 1 is 1.57 bits per heavy atom. The molecule has 3 atom stereocenters.